The van der Waals surface area contributed by atoms with Crippen molar-refractivity contribution in [3.05, 3.63) is 101 Å². The van der Waals surface area contributed by atoms with Crippen LogP contribution in [0, 0.1) is 0 Å². The van der Waals surface area contributed by atoms with Crippen LogP contribution in [0.1, 0.15) is 68.6 Å². The van der Waals surface area contributed by atoms with E-state index in [2.05, 4.69) is 9.71 Å². The molecule has 0 spiro atoms. The summed E-state index contributed by atoms with van der Waals surface area (Å²) >= 11 is 0. The van der Waals surface area contributed by atoms with Crippen molar-refractivity contribution in [1.82, 2.24) is 4.98 Å². The molecule has 2 atom stereocenters. The summed E-state index contributed by atoms with van der Waals surface area (Å²) in [6, 6.07) is 17.6. The van der Waals surface area contributed by atoms with Gasteiger partial charge in [0.2, 0.25) is 0 Å². The standard InChI is InChI=1S/C31H33F3N2O5S/c1-3-16-30(17-15-21-9-6-5-7-10-21)19-26(37)28(29(38)41-30)25(4-2)22-11-8-12-24(18-22)36-42(39,40)27-14-13-23(20-35-27)31(32,33)34/h5-14,18,20,25,36-37H,3-4,15-17,19H2,1-2H3/t25-,30-/m1/s1/i25+2. The van der Waals surface area contributed by atoms with Gasteiger partial charge in [-0.15, -0.1) is 0 Å². The fourth-order valence-corrected chi connectivity index (χ4v) is 6.35. The Labute approximate surface area is 243 Å². The number of cyclic esters (lactones) is 1. The van der Waals surface area contributed by atoms with Crippen LogP contribution in [0.3, 0.4) is 0 Å². The number of carbonyl (C=O) groups excluding carboxylic acids is 1. The van der Waals surface area contributed by atoms with Gasteiger partial charge >= 0.3 is 12.1 Å². The largest absolute Gasteiger partial charge is 0.512 e. The molecule has 0 saturated carbocycles. The Hall–Kier alpha value is -3.86. The van der Waals surface area contributed by atoms with E-state index >= 15 is 0 Å². The second-order valence-electron chi connectivity index (χ2n) is 10.4. The molecular weight excluding hydrogens is 571 g/mol. The van der Waals surface area contributed by atoms with Crippen molar-refractivity contribution >= 4 is 21.7 Å². The van der Waals surface area contributed by atoms with E-state index in [9.17, 15) is 31.5 Å². The van der Waals surface area contributed by atoms with Crippen LogP contribution in [-0.4, -0.2) is 30.1 Å². The quantitative estimate of drug-likeness (QED) is 0.222. The monoisotopic (exact) mass is 604 g/mol. The van der Waals surface area contributed by atoms with Crippen LogP contribution in [0.5, 0.6) is 0 Å². The van der Waals surface area contributed by atoms with Gasteiger partial charge in [0.1, 0.15) is 11.4 Å². The highest BCUT2D eigenvalue weighted by atomic mass is 32.2. The lowest BCUT2D eigenvalue weighted by atomic mass is 9.84. The Balaban J connectivity index is 1.57. The Morgan fingerprint density at radius 3 is 2.38 bits per heavy atom. The second-order valence-corrected chi connectivity index (χ2v) is 12.0. The highest BCUT2D eigenvalue weighted by Gasteiger charge is 2.43. The molecule has 224 valence electrons. The van der Waals surface area contributed by atoms with Crippen molar-refractivity contribution in [2.45, 2.75) is 75.1 Å². The van der Waals surface area contributed by atoms with Crippen molar-refractivity contribution in [2.75, 3.05) is 4.72 Å². The number of anilines is 1. The number of aliphatic hydroxyl groups is 1. The summed E-state index contributed by atoms with van der Waals surface area (Å²) in [6.07, 6.45) is -1.00. The first-order valence-electron chi connectivity index (χ1n) is 13.7. The smallest absolute Gasteiger partial charge is 0.417 e. The van der Waals surface area contributed by atoms with E-state index in [0.29, 0.717) is 43.5 Å². The fraction of sp³-hybridized carbons (Fsp3) is 0.355. The molecule has 2 N–H and O–H groups in total. The lowest BCUT2D eigenvalue weighted by Crippen LogP contribution is -2.41. The zero-order valence-electron chi connectivity index (χ0n) is 23.3. The second kappa shape index (κ2) is 12.6. The maximum Gasteiger partial charge on any atom is 0.417 e. The molecule has 0 unspecified atom stereocenters. The van der Waals surface area contributed by atoms with Crippen LogP contribution in [-0.2, 0) is 32.2 Å². The molecule has 0 fully saturated rings. The van der Waals surface area contributed by atoms with Gasteiger partial charge in [-0.3, -0.25) is 4.72 Å². The molecule has 1 aliphatic rings. The number of halogens is 3. The minimum atomic E-state index is -4.65. The van der Waals surface area contributed by atoms with Gasteiger partial charge in [-0.1, -0.05) is 62.7 Å². The van der Waals surface area contributed by atoms with Gasteiger partial charge in [0, 0.05) is 24.2 Å². The summed E-state index contributed by atoms with van der Waals surface area (Å²) in [5, 5.41) is 10.6. The lowest BCUT2D eigenvalue weighted by Gasteiger charge is -2.38. The fourth-order valence-electron chi connectivity index (χ4n) is 5.37. The van der Waals surface area contributed by atoms with Gasteiger partial charge in [-0.2, -0.15) is 21.6 Å². The summed E-state index contributed by atoms with van der Waals surface area (Å²) in [6.45, 7) is 3.83. The normalized spacial score (nSPS) is 18.5. The van der Waals surface area contributed by atoms with Gasteiger partial charge in [0.05, 0.1) is 11.1 Å². The molecule has 0 amide bonds. The number of nitrogens with one attached hydrogen (secondary N) is 1. The Morgan fingerprint density at radius 1 is 1.05 bits per heavy atom. The molecule has 11 heteroatoms. The third-order valence-corrected chi connectivity index (χ3v) is 8.68. The number of alkyl halides is 3. The molecule has 1 aliphatic heterocycles. The number of ether oxygens (including phenoxy) is 1. The van der Waals surface area contributed by atoms with Crippen LogP contribution in [0.4, 0.5) is 18.9 Å². The van der Waals surface area contributed by atoms with E-state index in [-0.39, 0.29) is 23.4 Å². The van der Waals surface area contributed by atoms with Crippen molar-refractivity contribution < 1.29 is 36.2 Å². The van der Waals surface area contributed by atoms with E-state index in [1.807, 2.05) is 44.2 Å². The summed E-state index contributed by atoms with van der Waals surface area (Å²) in [4.78, 5) is 16.9. The number of hydrogen-bond donors (Lipinski definition) is 2. The van der Waals surface area contributed by atoms with Crippen molar-refractivity contribution in [2.24, 2.45) is 0 Å². The topological polar surface area (TPSA) is 106 Å². The predicted octanol–water partition coefficient (Wildman–Crippen LogP) is 7.33. The molecule has 0 radical (unpaired) electrons. The Bertz CT molecular complexity index is 1540. The lowest BCUT2D eigenvalue weighted by molar-refractivity contribution is -0.161. The van der Waals surface area contributed by atoms with Gasteiger partial charge < -0.3 is 9.84 Å². The first-order valence-corrected chi connectivity index (χ1v) is 15.2. The van der Waals surface area contributed by atoms with E-state index in [0.717, 1.165) is 18.1 Å². The maximum atomic E-state index is 13.4. The molecule has 2 aromatic carbocycles. The minimum Gasteiger partial charge on any atom is -0.512 e. The number of aryl methyl sites for hydroxylation is 1. The van der Waals surface area contributed by atoms with E-state index in [4.69, 9.17) is 4.74 Å². The van der Waals surface area contributed by atoms with Crippen LogP contribution < -0.4 is 4.72 Å². The molecule has 3 aromatic rings. The number of aliphatic hydroxyl groups excluding tert-OH is 1. The van der Waals surface area contributed by atoms with E-state index < -0.39 is 44.3 Å². The number of sulfonamides is 1. The number of aromatic nitrogens is 1. The van der Waals surface area contributed by atoms with Crippen LogP contribution in [0.15, 0.2) is 89.3 Å². The highest BCUT2D eigenvalue weighted by Crippen LogP contribution is 2.42. The molecule has 1 aromatic heterocycles. The molecule has 7 nitrogen and oxygen atoms in total. The van der Waals surface area contributed by atoms with Crippen LogP contribution >= 0.6 is 0 Å². The minimum absolute atomic E-state index is 0.0421. The Kier molecular flexibility index (Phi) is 9.30. The molecule has 0 bridgehead atoms. The first-order chi connectivity index (χ1) is 19.9. The number of esters is 1. The van der Waals surface area contributed by atoms with E-state index in [1.165, 1.54) is 12.1 Å². The summed E-state index contributed by atoms with van der Waals surface area (Å²) in [7, 11) is -4.30. The average molecular weight is 605 g/mol. The van der Waals surface area contributed by atoms with E-state index in [1.54, 1.807) is 12.1 Å². The first kappa shape index (κ1) is 31.1. The maximum absolute atomic E-state index is 13.4. The summed E-state index contributed by atoms with van der Waals surface area (Å²) in [5.74, 6) is -1.23. The molecule has 0 aliphatic carbocycles. The summed E-state index contributed by atoms with van der Waals surface area (Å²) in [5.41, 5.74) is 0.0252. The van der Waals surface area contributed by atoms with Gasteiger partial charge in [0.25, 0.3) is 10.0 Å². The van der Waals surface area contributed by atoms with Gasteiger partial charge in [0.15, 0.2) is 5.03 Å². The number of carbonyl (C=O) groups is 1. The highest BCUT2D eigenvalue weighted by molar-refractivity contribution is 7.92. The van der Waals surface area contributed by atoms with Crippen molar-refractivity contribution in [3.8, 4) is 0 Å². The molecule has 2 heterocycles. The molecule has 42 heavy (non-hydrogen) atoms. The number of hydrogen-bond acceptors (Lipinski definition) is 6. The summed E-state index contributed by atoms with van der Waals surface area (Å²) < 4.78 is 72.6. The number of benzene rings is 2. The van der Waals surface area contributed by atoms with Crippen LogP contribution in [0.2, 0.25) is 0 Å². The average Bonchev–Trinajstić information content (AvgIpc) is 2.94. The zero-order chi connectivity index (χ0) is 30.5. The SMILES string of the molecule is CCC[C@@]1(CCc2ccccc2)CC(O)=C([14C@H](CC)c2cccc(NS(=O)(=O)c3ccc(C(F)(F)F)cn3)c2)C(=O)O1. The Morgan fingerprint density at radius 2 is 1.79 bits per heavy atom. The third-order valence-electron chi connectivity index (χ3n) is 7.38. The molecule has 0 saturated heterocycles. The van der Waals surface area contributed by atoms with Crippen molar-refractivity contribution in [3.63, 3.8) is 0 Å². The predicted molar refractivity (Wildman–Crippen MR) is 152 cm³/mol. The number of pyridine rings is 1. The molecule has 4 rings (SSSR count). The van der Waals surface area contributed by atoms with Gasteiger partial charge in [-0.25, -0.2) is 9.78 Å². The number of nitrogens with zero attached hydrogens (tertiary/aromatic N) is 1. The van der Waals surface area contributed by atoms with Crippen LogP contribution in [0.25, 0.3) is 0 Å². The van der Waals surface area contributed by atoms with Gasteiger partial charge in [-0.05, 0) is 61.1 Å². The third kappa shape index (κ3) is 7.13. The zero-order valence-corrected chi connectivity index (χ0v) is 24.1. The van der Waals surface area contributed by atoms with Crippen molar-refractivity contribution in [1.29, 1.82) is 0 Å². The molecular formula is C31H33F3N2O5S. The number of rotatable bonds is 11.